The van der Waals surface area contributed by atoms with Gasteiger partial charge in [-0.25, -0.2) is 0 Å². The first-order valence-corrected chi connectivity index (χ1v) is 9.55. The Hall–Kier alpha value is -1.84. The number of esters is 1. The Balaban J connectivity index is 1.31. The van der Waals surface area contributed by atoms with Crippen molar-refractivity contribution >= 4 is 11.9 Å². The Morgan fingerprint density at radius 1 is 1.08 bits per heavy atom. The molecule has 0 spiro atoms. The molecule has 4 aliphatic carbocycles. The van der Waals surface area contributed by atoms with E-state index in [2.05, 4.69) is 5.32 Å². The van der Waals surface area contributed by atoms with Gasteiger partial charge in [-0.2, -0.15) is 0 Å². The number of carbonyl (C=O) groups is 2. The zero-order valence-corrected chi connectivity index (χ0v) is 14.9. The van der Waals surface area contributed by atoms with Gasteiger partial charge in [0, 0.05) is 0 Å². The largest absolute Gasteiger partial charge is 0.455 e. The highest BCUT2D eigenvalue weighted by Crippen LogP contribution is 2.60. The van der Waals surface area contributed by atoms with Gasteiger partial charge in [-0.05, 0) is 68.8 Å². The van der Waals surface area contributed by atoms with Crippen molar-refractivity contribution in [3.63, 3.8) is 0 Å². The summed E-state index contributed by atoms with van der Waals surface area (Å²) in [4.78, 5) is 24.9. The normalized spacial score (nSPS) is 33.7. The quantitative estimate of drug-likeness (QED) is 0.832. The third-order valence-electron chi connectivity index (χ3n) is 6.48. The highest BCUT2D eigenvalue weighted by atomic mass is 16.5. The molecule has 134 valence electrons. The van der Waals surface area contributed by atoms with E-state index in [1.165, 1.54) is 19.3 Å². The molecule has 0 saturated heterocycles. The molecule has 4 saturated carbocycles. The summed E-state index contributed by atoms with van der Waals surface area (Å²) in [6.07, 6.45) is 6.80. The molecule has 4 fully saturated rings. The number of amides is 1. The maximum Gasteiger partial charge on any atom is 0.312 e. The van der Waals surface area contributed by atoms with Gasteiger partial charge >= 0.3 is 5.97 Å². The Morgan fingerprint density at radius 3 is 2.20 bits per heavy atom. The van der Waals surface area contributed by atoms with E-state index in [4.69, 9.17) is 4.74 Å². The predicted molar refractivity (Wildman–Crippen MR) is 94.6 cm³/mol. The molecular formula is C21H27NO3. The van der Waals surface area contributed by atoms with E-state index in [0.717, 1.165) is 24.8 Å². The summed E-state index contributed by atoms with van der Waals surface area (Å²) >= 11 is 0. The molecule has 1 amide bonds. The van der Waals surface area contributed by atoms with Crippen LogP contribution in [0.5, 0.6) is 0 Å². The fourth-order valence-corrected chi connectivity index (χ4v) is 5.75. The fraction of sp³-hybridized carbons (Fsp3) is 0.619. The number of ether oxygens (including phenoxy) is 1. The molecular weight excluding hydrogens is 314 g/mol. The fourth-order valence-electron chi connectivity index (χ4n) is 5.75. The highest BCUT2D eigenvalue weighted by molar-refractivity contribution is 5.83. The zero-order chi connectivity index (χ0) is 17.4. The second-order valence-corrected chi connectivity index (χ2v) is 8.47. The van der Waals surface area contributed by atoms with Crippen molar-refractivity contribution < 1.29 is 14.3 Å². The first-order valence-electron chi connectivity index (χ1n) is 9.55. The van der Waals surface area contributed by atoms with Crippen molar-refractivity contribution in [1.29, 1.82) is 0 Å². The maximum absolute atomic E-state index is 12.8. The molecule has 0 aromatic heterocycles. The summed E-state index contributed by atoms with van der Waals surface area (Å²) in [6, 6.07) is 9.71. The summed E-state index contributed by atoms with van der Waals surface area (Å²) < 4.78 is 5.47. The molecule has 4 nitrogen and oxygen atoms in total. The van der Waals surface area contributed by atoms with Crippen LogP contribution in [0.2, 0.25) is 0 Å². The third kappa shape index (κ3) is 3.31. The van der Waals surface area contributed by atoms with Gasteiger partial charge in [-0.15, -0.1) is 0 Å². The van der Waals surface area contributed by atoms with E-state index in [1.807, 2.05) is 37.3 Å². The van der Waals surface area contributed by atoms with Crippen LogP contribution in [0.15, 0.2) is 30.3 Å². The number of carbonyl (C=O) groups excluding carboxylic acids is 2. The molecule has 1 atom stereocenters. The van der Waals surface area contributed by atoms with Crippen molar-refractivity contribution in [2.24, 2.45) is 23.2 Å². The number of nitrogens with one attached hydrogen (secondary N) is 1. The molecule has 0 radical (unpaired) electrons. The first kappa shape index (κ1) is 16.6. The van der Waals surface area contributed by atoms with Crippen molar-refractivity contribution in [1.82, 2.24) is 5.32 Å². The summed E-state index contributed by atoms with van der Waals surface area (Å²) in [5.41, 5.74) is 0.753. The topological polar surface area (TPSA) is 55.4 Å². The SMILES string of the molecule is C[C@H](NC(=O)COC(=O)C12CC3CC(CC(C3)C1)C2)c1ccccc1. The summed E-state index contributed by atoms with van der Waals surface area (Å²) in [7, 11) is 0. The number of hydrogen-bond acceptors (Lipinski definition) is 3. The van der Waals surface area contributed by atoms with Gasteiger partial charge in [-0.3, -0.25) is 9.59 Å². The van der Waals surface area contributed by atoms with Gasteiger partial charge in [0.1, 0.15) is 0 Å². The zero-order valence-electron chi connectivity index (χ0n) is 14.9. The lowest BCUT2D eigenvalue weighted by atomic mass is 9.49. The lowest BCUT2D eigenvalue weighted by Gasteiger charge is -2.55. The number of hydrogen-bond donors (Lipinski definition) is 1. The van der Waals surface area contributed by atoms with Crippen LogP contribution in [0.1, 0.15) is 57.1 Å². The van der Waals surface area contributed by atoms with E-state index in [-0.39, 0.29) is 29.9 Å². The van der Waals surface area contributed by atoms with Crippen LogP contribution in [0.25, 0.3) is 0 Å². The van der Waals surface area contributed by atoms with Crippen LogP contribution < -0.4 is 5.32 Å². The summed E-state index contributed by atoms with van der Waals surface area (Å²) in [5.74, 6) is 1.74. The Morgan fingerprint density at radius 2 is 1.64 bits per heavy atom. The average molecular weight is 341 g/mol. The van der Waals surface area contributed by atoms with Crippen molar-refractivity contribution in [3.8, 4) is 0 Å². The molecule has 1 N–H and O–H groups in total. The van der Waals surface area contributed by atoms with Crippen molar-refractivity contribution in [2.75, 3.05) is 6.61 Å². The Bertz CT molecular complexity index is 619. The minimum Gasteiger partial charge on any atom is -0.455 e. The molecule has 0 aliphatic heterocycles. The molecule has 0 heterocycles. The minimum absolute atomic E-state index is 0.0908. The third-order valence-corrected chi connectivity index (χ3v) is 6.48. The van der Waals surface area contributed by atoms with Crippen LogP contribution in [-0.2, 0) is 14.3 Å². The van der Waals surface area contributed by atoms with E-state index >= 15 is 0 Å². The van der Waals surface area contributed by atoms with Gasteiger partial charge in [0.05, 0.1) is 11.5 Å². The maximum atomic E-state index is 12.8. The van der Waals surface area contributed by atoms with Crippen LogP contribution in [0.3, 0.4) is 0 Å². The van der Waals surface area contributed by atoms with E-state index < -0.39 is 0 Å². The molecule has 4 heteroatoms. The second kappa shape index (κ2) is 6.47. The number of benzene rings is 1. The van der Waals surface area contributed by atoms with E-state index in [9.17, 15) is 9.59 Å². The van der Waals surface area contributed by atoms with Gasteiger partial charge < -0.3 is 10.1 Å². The minimum atomic E-state index is -0.292. The van der Waals surface area contributed by atoms with E-state index in [1.54, 1.807) is 0 Å². The standard InChI is InChI=1S/C21H27NO3/c1-14(18-5-3-2-4-6-18)22-19(23)13-25-20(24)21-10-15-7-16(11-21)9-17(8-15)12-21/h2-6,14-17H,7-13H2,1H3,(H,22,23)/t14-,15?,16?,17?,21?/m0/s1. The smallest absolute Gasteiger partial charge is 0.312 e. The van der Waals surface area contributed by atoms with Gasteiger partial charge in [0.2, 0.25) is 0 Å². The lowest BCUT2D eigenvalue weighted by Crippen LogP contribution is -2.51. The van der Waals surface area contributed by atoms with Gasteiger partial charge in [0.15, 0.2) is 6.61 Å². The van der Waals surface area contributed by atoms with Crippen molar-refractivity contribution in [3.05, 3.63) is 35.9 Å². The van der Waals surface area contributed by atoms with Gasteiger partial charge in [0.25, 0.3) is 5.91 Å². The van der Waals surface area contributed by atoms with Crippen LogP contribution >= 0.6 is 0 Å². The molecule has 1 aromatic carbocycles. The molecule has 0 unspecified atom stereocenters. The van der Waals surface area contributed by atoms with E-state index in [0.29, 0.717) is 17.8 Å². The highest BCUT2D eigenvalue weighted by Gasteiger charge is 2.55. The Kier molecular flexibility index (Phi) is 4.30. The predicted octanol–water partition coefficient (Wildman–Crippen LogP) is 3.62. The van der Waals surface area contributed by atoms with Crippen LogP contribution in [0.4, 0.5) is 0 Å². The molecule has 4 bridgehead atoms. The summed E-state index contributed by atoms with van der Waals surface area (Å²) in [5, 5.41) is 2.91. The van der Waals surface area contributed by atoms with Crippen molar-refractivity contribution in [2.45, 2.75) is 51.5 Å². The average Bonchev–Trinajstić information content (AvgIpc) is 2.59. The lowest BCUT2D eigenvalue weighted by molar-refractivity contribution is -0.173. The molecule has 1 aromatic rings. The molecule has 5 rings (SSSR count). The summed E-state index contributed by atoms with van der Waals surface area (Å²) in [6.45, 7) is 1.77. The molecule has 4 aliphatic rings. The first-order chi connectivity index (χ1) is 12.0. The second-order valence-electron chi connectivity index (χ2n) is 8.47. The van der Waals surface area contributed by atoms with Crippen LogP contribution in [-0.4, -0.2) is 18.5 Å². The Labute approximate surface area is 149 Å². The number of rotatable bonds is 5. The molecule has 25 heavy (non-hydrogen) atoms. The van der Waals surface area contributed by atoms with Gasteiger partial charge in [-0.1, -0.05) is 30.3 Å². The monoisotopic (exact) mass is 341 g/mol. The van der Waals surface area contributed by atoms with Crippen LogP contribution in [0, 0.1) is 23.2 Å².